The average Bonchev–Trinajstić information content (AvgIpc) is 2.22. The molecule has 0 spiro atoms. The molecule has 1 aromatic carbocycles. The van der Waals surface area contributed by atoms with Gasteiger partial charge in [-0.15, -0.1) is 0 Å². The highest BCUT2D eigenvalue weighted by Crippen LogP contribution is 2.25. The molecule has 0 saturated heterocycles. The molecule has 0 aromatic heterocycles. The molecule has 0 bridgehead atoms. The maximum absolute atomic E-state index is 11.0. The minimum atomic E-state index is -2.92. The van der Waals surface area contributed by atoms with Crippen molar-refractivity contribution in [2.75, 3.05) is 18.6 Å². The van der Waals surface area contributed by atoms with Gasteiger partial charge in [0.05, 0.1) is 12.4 Å². The molecule has 5 heteroatoms. The maximum atomic E-state index is 11.0. The summed E-state index contributed by atoms with van der Waals surface area (Å²) in [6.07, 6.45) is 1.72. The van der Waals surface area contributed by atoms with Crippen molar-refractivity contribution in [1.29, 1.82) is 0 Å². The first-order chi connectivity index (χ1) is 8.29. The van der Waals surface area contributed by atoms with Gasteiger partial charge in [-0.1, -0.05) is 12.1 Å². The Balaban J connectivity index is 2.63. The second-order valence-corrected chi connectivity index (χ2v) is 6.92. The Morgan fingerprint density at radius 2 is 2.06 bits per heavy atom. The van der Waals surface area contributed by atoms with E-state index in [0.717, 1.165) is 16.9 Å². The normalized spacial score (nSPS) is 13.3. The highest BCUT2D eigenvalue weighted by Gasteiger charge is 2.09. The fraction of sp³-hybridized carbons (Fsp3) is 0.538. The third-order valence-corrected chi connectivity index (χ3v) is 3.61. The summed E-state index contributed by atoms with van der Waals surface area (Å²) in [5, 5.41) is 0. The molecule has 18 heavy (non-hydrogen) atoms. The van der Waals surface area contributed by atoms with Gasteiger partial charge in [-0.2, -0.15) is 0 Å². The van der Waals surface area contributed by atoms with Crippen molar-refractivity contribution < 1.29 is 13.2 Å². The molecule has 0 aliphatic heterocycles. The van der Waals surface area contributed by atoms with Gasteiger partial charge in [0.1, 0.15) is 15.6 Å². The van der Waals surface area contributed by atoms with Gasteiger partial charge in [0.2, 0.25) is 0 Å². The molecular weight excluding hydrogens is 250 g/mol. The van der Waals surface area contributed by atoms with E-state index < -0.39 is 9.84 Å². The van der Waals surface area contributed by atoms with Gasteiger partial charge in [0, 0.05) is 17.9 Å². The first-order valence-corrected chi connectivity index (χ1v) is 8.02. The Morgan fingerprint density at radius 3 is 2.61 bits per heavy atom. The number of aryl methyl sites for hydroxylation is 1. The van der Waals surface area contributed by atoms with Gasteiger partial charge in [0.25, 0.3) is 0 Å². The molecule has 0 heterocycles. The Bertz CT molecular complexity index is 495. The first kappa shape index (κ1) is 15.0. The lowest BCUT2D eigenvalue weighted by molar-refractivity contribution is 0.313. The zero-order chi connectivity index (χ0) is 13.8. The lowest BCUT2D eigenvalue weighted by Gasteiger charge is -2.14. The van der Waals surface area contributed by atoms with Crippen molar-refractivity contribution in [3.8, 4) is 5.75 Å². The van der Waals surface area contributed by atoms with Crippen LogP contribution in [0.4, 0.5) is 0 Å². The standard InChI is InChI=1S/C13H21NO3S/c1-10-5-6-12(11(2)14)13(9-10)17-7-4-8-18(3,15)16/h5-6,9,11H,4,7-8,14H2,1-3H3. The molecule has 0 aliphatic rings. The number of ether oxygens (including phenoxy) is 1. The maximum Gasteiger partial charge on any atom is 0.147 e. The highest BCUT2D eigenvalue weighted by atomic mass is 32.2. The summed E-state index contributed by atoms with van der Waals surface area (Å²) in [5.74, 6) is 0.894. The van der Waals surface area contributed by atoms with Crippen LogP contribution in [0.3, 0.4) is 0 Å². The minimum Gasteiger partial charge on any atom is -0.493 e. The van der Waals surface area contributed by atoms with Crippen molar-refractivity contribution in [3.63, 3.8) is 0 Å². The van der Waals surface area contributed by atoms with Crippen molar-refractivity contribution in [3.05, 3.63) is 29.3 Å². The Morgan fingerprint density at radius 1 is 1.39 bits per heavy atom. The molecule has 0 amide bonds. The lowest BCUT2D eigenvalue weighted by Crippen LogP contribution is -2.11. The molecule has 102 valence electrons. The number of sulfone groups is 1. The van der Waals surface area contributed by atoms with E-state index in [0.29, 0.717) is 13.0 Å². The lowest BCUT2D eigenvalue weighted by atomic mass is 10.1. The molecular formula is C13H21NO3S. The minimum absolute atomic E-state index is 0.101. The third-order valence-electron chi connectivity index (χ3n) is 2.58. The molecule has 0 radical (unpaired) electrons. The monoisotopic (exact) mass is 271 g/mol. The van der Waals surface area contributed by atoms with E-state index >= 15 is 0 Å². The van der Waals surface area contributed by atoms with Crippen LogP contribution in [0.2, 0.25) is 0 Å². The fourth-order valence-corrected chi connectivity index (χ4v) is 2.29. The van der Waals surface area contributed by atoms with E-state index in [1.165, 1.54) is 6.26 Å². The molecule has 1 unspecified atom stereocenters. The smallest absolute Gasteiger partial charge is 0.147 e. The zero-order valence-corrected chi connectivity index (χ0v) is 12.0. The van der Waals surface area contributed by atoms with Gasteiger partial charge in [-0.05, 0) is 31.9 Å². The van der Waals surface area contributed by atoms with Gasteiger partial charge in [-0.3, -0.25) is 0 Å². The van der Waals surface area contributed by atoms with Crippen LogP contribution >= 0.6 is 0 Å². The van der Waals surface area contributed by atoms with E-state index in [-0.39, 0.29) is 11.8 Å². The predicted octanol–water partition coefficient (Wildman–Crippen LogP) is 1.83. The molecule has 4 nitrogen and oxygen atoms in total. The number of hydrogen-bond acceptors (Lipinski definition) is 4. The molecule has 2 N–H and O–H groups in total. The second kappa shape index (κ2) is 6.20. The summed E-state index contributed by atoms with van der Waals surface area (Å²) in [7, 11) is -2.92. The summed E-state index contributed by atoms with van der Waals surface area (Å²) in [5.41, 5.74) is 7.90. The van der Waals surface area contributed by atoms with Crippen LogP contribution in [-0.2, 0) is 9.84 Å². The van der Waals surface area contributed by atoms with Crippen LogP contribution in [0, 0.1) is 6.92 Å². The Hall–Kier alpha value is -1.07. The molecule has 0 saturated carbocycles. The molecule has 1 rings (SSSR count). The van der Waals surface area contributed by atoms with E-state index in [2.05, 4.69) is 0 Å². The highest BCUT2D eigenvalue weighted by molar-refractivity contribution is 7.90. The molecule has 0 aliphatic carbocycles. The van der Waals surface area contributed by atoms with E-state index in [9.17, 15) is 8.42 Å². The summed E-state index contributed by atoms with van der Waals surface area (Å²) in [6.45, 7) is 4.26. The molecule has 0 fully saturated rings. The van der Waals surface area contributed by atoms with E-state index in [1.54, 1.807) is 0 Å². The van der Waals surface area contributed by atoms with Crippen LogP contribution in [0.5, 0.6) is 5.75 Å². The Kier molecular flexibility index (Phi) is 5.16. The number of hydrogen-bond donors (Lipinski definition) is 1. The quantitative estimate of drug-likeness (QED) is 0.801. The Labute approximate surface area is 109 Å². The number of nitrogens with two attached hydrogens (primary N) is 1. The van der Waals surface area contributed by atoms with Gasteiger partial charge < -0.3 is 10.5 Å². The van der Waals surface area contributed by atoms with E-state index in [1.807, 2.05) is 32.0 Å². The zero-order valence-electron chi connectivity index (χ0n) is 11.1. The van der Waals surface area contributed by atoms with Crippen molar-refractivity contribution >= 4 is 9.84 Å². The predicted molar refractivity (Wildman–Crippen MR) is 73.6 cm³/mol. The van der Waals surface area contributed by atoms with E-state index in [4.69, 9.17) is 10.5 Å². The van der Waals surface area contributed by atoms with Crippen molar-refractivity contribution in [2.24, 2.45) is 5.73 Å². The number of benzene rings is 1. The van der Waals surface area contributed by atoms with Crippen LogP contribution in [0.15, 0.2) is 18.2 Å². The fourth-order valence-electron chi connectivity index (χ4n) is 1.65. The van der Waals surface area contributed by atoms with Crippen LogP contribution in [0.25, 0.3) is 0 Å². The largest absolute Gasteiger partial charge is 0.493 e. The first-order valence-electron chi connectivity index (χ1n) is 5.96. The van der Waals surface area contributed by atoms with Gasteiger partial charge >= 0.3 is 0 Å². The van der Waals surface area contributed by atoms with Crippen molar-refractivity contribution in [1.82, 2.24) is 0 Å². The molecule has 1 aromatic rings. The topological polar surface area (TPSA) is 69.4 Å². The summed E-state index contributed by atoms with van der Waals surface area (Å²) < 4.78 is 27.6. The summed E-state index contributed by atoms with van der Waals surface area (Å²) >= 11 is 0. The summed E-state index contributed by atoms with van der Waals surface area (Å²) in [6, 6.07) is 5.77. The van der Waals surface area contributed by atoms with Crippen molar-refractivity contribution in [2.45, 2.75) is 26.3 Å². The average molecular weight is 271 g/mol. The third kappa shape index (κ3) is 5.06. The SMILES string of the molecule is Cc1ccc(C(C)N)c(OCCCS(C)(=O)=O)c1. The van der Waals surface area contributed by atoms with Gasteiger partial charge in [0.15, 0.2) is 0 Å². The van der Waals surface area contributed by atoms with Crippen LogP contribution in [-0.4, -0.2) is 27.0 Å². The van der Waals surface area contributed by atoms with Gasteiger partial charge in [-0.25, -0.2) is 8.42 Å². The number of rotatable bonds is 6. The second-order valence-electron chi connectivity index (χ2n) is 4.66. The molecule has 1 atom stereocenters. The van der Waals surface area contributed by atoms with Crippen LogP contribution in [0.1, 0.15) is 30.5 Å². The van der Waals surface area contributed by atoms with Crippen LogP contribution < -0.4 is 10.5 Å². The summed E-state index contributed by atoms with van der Waals surface area (Å²) in [4.78, 5) is 0.